The molecule has 0 amide bonds. The Morgan fingerprint density at radius 3 is 1.44 bits per heavy atom. The van der Waals surface area contributed by atoms with Crippen molar-refractivity contribution in [1.29, 1.82) is 0 Å². The first kappa shape index (κ1) is 24.0. The fourth-order valence-corrected chi connectivity index (χ4v) is 6.87. The van der Waals surface area contributed by atoms with Crippen molar-refractivity contribution >= 4 is 54.3 Å². The van der Waals surface area contributed by atoms with Gasteiger partial charge in [-0.1, -0.05) is 140 Å². The molecule has 1 nitrogen and oxygen atoms in total. The number of benzene rings is 8. The van der Waals surface area contributed by atoms with Gasteiger partial charge in [-0.2, -0.15) is 0 Å². The summed E-state index contributed by atoms with van der Waals surface area (Å²) >= 11 is 0. The molecule has 0 aliphatic rings. The Morgan fingerprint density at radius 1 is 0.302 bits per heavy atom. The summed E-state index contributed by atoms with van der Waals surface area (Å²) in [6.45, 7) is 0. The van der Waals surface area contributed by atoms with E-state index in [4.69, 9.17) is 4.42 Å². The summed E-state index contributed by atoms with van der Waals surface area (Å²) in [5.74, 6) is 0. The van der Waals surface area contributed by atoms with Crippen LogP contribution in [0, 0.1) is 0 Å². The van der Waals surface area contributed by atoms with Crippen LogP contribution in [0.1, 0.15) is 0 Å². The minimum atomic E-state index is 0.918. The van der Waals surface area contributed by atoms with Gasteiger partial charge in [-0.25, -0.2) is 0 Å². The van der Waals surface area contributed by atoms with Crippen molar-refractivity contribution < 1.29 is 4.42 Å². The predicted molar refractivity (Wildman–Crippen MR) is 183 cm³/mol. The van der Waals surface area contributed by atoms with Crippen LogP contribution in [-0.2, 0) is 0 Å². The second-order valence-corrected chi connectivity index (χ2v) is 11.3. The van der Waals surface area contributed by atoms with Crippen molar-refractivity contribution in [1.82, 2.24) is 0 Å². The maximum Gasteiger partial charge on any atom is 0.143 e. The van der Waals surface area contributed by atoms with Gasteiger partial charge < -0.3 is 4.42 Å². The van der Waals surface area contributed by atoms with Crippen LogP contribution < -0.4 is 0 Å². The van der Waals surface area contributed by atoms with Crippen molar-refractivity contribution in [3.8, 4) is 33.4 Å². The lowest BCUT2D eigenvalue weighted by Gasteiger charge is -2.18. The average Bonchev–Trinajstić information content (AvgIpc) is 3.46. The summed E-state index contributed by atoms with van der Waals surface area (Å²) in [5.41, 5.74) is 9.22. The molecule has 0 fully saturated rings. The summed E-state index contributed by atoms with van der Waals surface area (Å²) in [5, 5.41) is 9.74. The first-order valence-corrected chi connectivity index (χ1v) is 14.8. The van der Waals surface area contributed by atoms with Crippen molar-refractivity contribution in [2.45, 2.75) is 0 Å². The van der Waals surface area contributed by atoms with Crippen LogP contribution in [0.15, 0.2) is 162 Å². The normalized spacial score (nSPS) is 11.7. The van der Waals surface area contributed by atoms with E-state index in [9.17, 15) is 0 Å². The lowest BCUT2D eigenvalue weighted by atomic mass is 9.86. The second-order valence-electron chi connectivity index (χ2n) is 11.3. The number of fused-ring (bicyclic) bond motifs is 7. The van der Waals surface area contributed by atoms with Gasteiger partial charge in [0.2, 0.25) is 0 Å². The summed E-state index contributed by atoms with van der Waals surface area (Å²) in [4.78, 5) is 0. The van der Waals surface area contributed by atoms with Gasteiger partial charge in [0.15, 0.2) is 0 Å². The van der Waals surface area contributed by atoms with Crippen molar-refractivity contribution in [3.63, 3.8) is 0 Å². The number of rotatable bonds is 3. The summed E-state index contributed by atoms with van der Waals surface area (Å²) in [7, 11) is 0. The highest BCUT2D eigenvalue weighted by molar-refractivity contribution is 6.21. The molecule has 43 heavy (non-hydrogen) atoms. The predicted octanol–water partition coefficient (Wildman–Crippen LogP) is 12.0. The first-order chi connectivity index (χ1) is 21.3. The van der Waals surface area contributed by atoms with Gasteiger partial charge in [0.25, 0.3) is 0 Å². The lowest BCUT2D eigenvalue weighted by Crippen LogP contribution is -1.90. The monoisotopic (exact) mass is 546 g/mol. The molecule has 1 heteroatoms. The Kier molecular flexibility index (Phi) is 5.27. The third-order valence-electron chi connectivity index (χ3n) is 8.86. The van der Waals surface area contributed by atoms with Crippen LogP contribution in [0.4, 0.5) is 0 Å². The van der Waals surface area contributed by atoms with Crippen molar-refractivity contribution in [2.75, 3.05) is 0 Å². The molecule has 0 aliphatic carbocycles. The molecule has 200 valence electrons. The van der Waals surface area contributed by atoms with E-state index in [1.54, 1.807) is 0 Å². The smallest absolute Gasteiger partial charge is 0.143 e. The molecule has 0 unspecified atom stereocenters. The molecule has 1 heterocycles. The molecule has 0 saturated heterocycles. The lowest BCUT2D eigenvalue weighted by molar-refractivity contribution is 0.673. The SMILES string of the molecule is c1ccc(-c2c3ccccc3c(-c3ccc(-c4ccc5c(c4)oc4c6ccccc6ccc54)cc3)c3ccccc23)cc1. The third-order valence-corrected chi connectivity index (χ3v) is 8.86. The zero-order valence-corrected chi connectivity index (χ0v) is 23.4. The van der Waals surface area contributed by atoms with E-state index in [0.717, 1.165) is 32.9 Å². The Hall–Kier alpha value is -5.66. The van der Waals surface area contributed by atoms with Crippen LogP contribution in [-0.4, -0.2) is 0 Å². The quantitative estimate of drug-likeness (QED) is 0.201. The molecule has 0 N–H and O–H groups in total. The van der Waals surface area contributed by atoms with Crippen LogP contribution in [0.5, 0.6) is 0 Å². The summed E-state index contributed by atoms with van der Waals surface area (Å²) < 4.78 is 6.46. The molecular weight excluding hydrogens is 520 g/mol. The zero-order valence-electron chi connectivity index (χ0n) is 23.4. The van der Waals surface area contributed by atoms with Gasteiger partial charge in [0, 0.05) is 16.2 Å². The number of hydrogen-bond donors (Lipinski definition) is 0. The van der Waals surface area contributed by atoms with Crippen LogP contribution in [0.3, 0.4) is 0 Å². The Balaban J connectivity index is 1.19. The molecule has 9 aromatic rings. The molecule has 0 radical (unpaired) electrons. The molecular formula is C42H26O. The van der Waals surface area contributed by atoms with E-state index in [-0.39, 0.29) is 0 Å². The van der Waals surface area contributed by atoms with E-state index in [1.807, 2.05) is 0 Å². The van der Waals surface area contributed by atoms with E-state index in [1.165, 1.54) is 54.7 Å². The first-order valence-electron chi connectivity index (χ1n) is 14.8. The Labute approximate surface area is 249 Å². The molecule has 0 spiro atoms. The average molecular weight is 547 g/mol. The Morgan fingerprint density at radius 2 is 0.791 bits per heavy atom. The highest BCUT2D eigenvalue weighted by atomic mass is 16.3. The molecule has 0 saturated carbocycles. The van der Waals surface area contributed by atoms with Crippen LogP contribution in [0.2, 0.25) is 0 Å². The van der Waals surface area contributed by atoms with Crippen LogP contribution in [0.25, 0.3) is 87.6 Å². The maximum atomic E-state index is 6.46. The summed E-state index contributed by atoms with van der Waals surface area (Å²) in [6, 6.07) is 56.7. The summed E-state index contributed by atoms with van der Waals surface area (Å²) in [6.07, 6.45) is 0. The zero-order chi connectivity index (χ0) is 28.3. The van der Waals surface area contributed by atoms with Gasteiger partial charge >= 0.3 is 0 Å². The fourth-order valence-electron chi connectivity index (χ4n) is 6.87. The van der Waals surface area contributed by atoms with E-state index in [0.29, 0.717) is 0 Å². The minimum absolute atomic E-state index is 0.918. The van der Waals surface area contributed by atoms with E-state index < -0.39 is 0 Å². The molecule has 0 aliphatic heterocycles. The maximum absolute atomic E-state index is 6.46. The molecule has 9 rings (SSSR count). The molecule has 1 aromatic heterocycles. The van der Waals surface area contributed by atoms with Crippen molar-refractivity contribution in [2.24, 2.45) is 0 Å². The number of hydrogen-bond acceptors (Lipinski definition) is 1. The van der Waals surface area contributed by atoms with Gasteiger partial charge in [-0.15, -0.1) is 0 Å². The minimum Gasteiger partial charge on any atom is -0.455 e. The van der Waals surface area contributed by atoms with Crippen molar-refractivity contribution in [3.05, 3.63) is 158 Å². The van der Waals surface area contributed by atoms with Crippen LogP contribution >= 0.6 is 0 Å². The van der Waals surface area contributed by atoms with Gasteiger partial charge in [0.05, 0.1) is 0 Å². The Bertz CT molecular complexity index is 2420. The van der Waals surface area contributed by atoms with Gasteiger partial charge in [0.1, 0.15) is 11.2 Å². The van der Waals surface area contributed by atoms with Gasteiger partial charge in [-0.3, -0.25) is 0 Å². The van der Waals surface area contributed by atoms with E-state index in [2.05, 4.69) is 158 Å². The molecule has 0 atom stereocenters. The second kappa shape index (κ2) is 9.44. The van der Waals surface area contributed by atoms with Gasteiger partial charge in [-0.05, 0) is 78.5 Å². The highest BCUT2D eigenvalue weighted by Gasteiger charge is 2.17. The topological polar surface area (TPSA) is 13.1 Å². The van der Waals surface area contributed by atoms with E-state index >= 15 is 0 Å². The largest absolute Gasteiger partial charge is 0.455 e. The standard InChI is InChI=1S/C42H26O/c1-2-11-29(12-3-1)40-34-14-6-8-16-36(34)41(37-17-9-7-15-35(37)40)30-20-18-27(19-21-30)31-23-24-33-38-25-22-28-10-4-5-13-32(28)42(38)43-39(33)26-31/h1-26H. The highest BCUT2D eigenvalue weighted by Crippen LogP contribution is 2.44. The third kappa shape index (κ3) is 3.72. The fraction of sp³-hybridized carbons (Fsp3) is 0. The molecule has 0 bridgehead atoms. The molecule has 8 aromatic carbocycles. The number of furan rings is 1.